The van der Waals surface area contributed by atoms with Gasteiger partial charge in [-0.25, -0.2) is 8.42 Å². The average molecular weight is 271 g/mol. The zero-order valence-corrected chi connectivity index (χ0v) is 11.0. The van der Waals surface area contributed by atoms with Gasteiger partial charge in [0.1, 0.15) is 4.21 Å². The highest BCUT2D eigenvalue weighted by Crippen LogP contribution is 2.39. The Hall–Kier alpha value is -1.14. The number of carbonyl (C=O) groups is 1. The van der Waals surface area contributed by atoms with E-state index in [-0.39, 0.29) is 11.9 Å². The summed E-state index contributed by atoms with van der Waals surface area (Å²) >= 11 is 1.21. The van der Waals surface area contributed by atoms with E-state index in [2.05, 4.69) is 11.9 Å². The highest BCUT2D eigenvalue weighted by molar-refractivity contribution is 7.94. The second kappa shape index (κ2) is 4.27. The second-order valence-corrected chi connectivity index (χ2v) is 7.50. The Morgan fingerprint density at radius 1 is 1.65 bits per heavy atom. The van der Waals surface area contributed by atoms with E-state index in [9.17, 15) is 13.2 Å². The minimum Gasteiger partial charge on any atom is -0.346 e. The molecule has 1 aliphatic rings. The number of hydrogen-bond acceptors (Lipinski definition) is 4. The standard InChI is InChI=1S/C11H13NO3S2/c1-3-10(13)12-9-6-7(2)17(14,15)11-8(9)4-5-16-11/h3-5,7,9H,1,6H2,2H3,(H,12,13)/t7-,9-/m0/s1. The number of amides is 1. The van der Waals surface area contributed by atoms with Crippen LogP contribution in [0.2, 0.25) is 0 Å². The maximum absolute atomic E-state index is 12.0. The fraction of sp³-hybridized carbons (Fsp3) is 0.364. The maximum atomic E-state index is 12.0. The van der Waals surface area contributed by atoms with Gasteiger partial charge in [0.15, 0.2) is 9.84 Å². The molecule has 2 rings (SSSR count). The Labute approximate surface area is 104 Å². The molecule has 2 atom stereocenters. The van der Waals surface area contributed by atoms with Crippen LogP contribution in [-0.4, -0.2) is 19.6 Å². The highest BCUT2D eigenvalue weighted by atomic mass is 32.2. The zero-order chi connectivity index (χ0) is 12.6. The molecule has 4 nitrogen and oxygen atoms in total. The van der Waals surface area contributed by atoms with Gasteiger partial charge in [-0.2, -0.15) is 0 Å². The lowest BCUT2D eigenvalue weighted by Crippen LogP contribution is -2.35. The molecule has 0 fully saturated rings. The van der Waals surface area contributed by atoms with E-state index in [0.717, 1.165) is 0 Å². The van der Waals surface area contributed by atoms with E-state index >= 15 is 0 Å². The molecule has 2 heterocycles. The average Bonchev–Trinajstić information content (AvgIpc) is 2.76. The van der Waals surface area contributed by atoms with Crippen LogP contribution in [0.5, 0.6) is 0 Å². The number of hydrogen-bond donors (Lipinski definition) is 1. The largest absolute Gasteiger partial charge is 0.346 e. The van der Waals surface area contributed by atoms with Gasteiger partial charge < -0.3 is 5.32 Å². The van der Waals surface area contributed by atoms with Crippen molar-refractivity contribution in [3.63, 3.8) is 0 Å². The summed E-state index contributed by atoms with van der Waals surface area (Å²) in [5, 5.41) is 4.04. The smallest absolute Gasteiger partial charge is 0.243 e. The molecule has 1 aromatic rings. The summed E-state index contributed by atoms with van der Waals surface area (Å²) in [4.78, 5) is 11.3. The van der Waals surface area contributed by atoms with E-state index in [1.54, 1.807) is 18.4 Å². The van der Waals surface area contributed by atoms with Crippen molar-refractivity contribution in [2.45, 2.75) is 28.8 Å². The van der Waals surface area contributed by atoms with Crippen LogP contribution in [0, 0.1) is 0 Å². The molecular formula is C11H13NO3S2. The molecule has 1 N–H and O–H groups in total. The molecule has 17 heavy (non-hydrogen) atoms. The quantitative estimate of drug-likeness (QED) is 0.832. The van der Waals surface area contributed by atoms with Gasteiger partial charge in [-0.15, -0.1) is 11.3 Å². The molecule has 6 heteroatoms. The van der Waals surface area contributed by atoms with Gasteiger partial charge in [-0.3, -0.25) is 4.79 Å². The van der Waals surface area contributed by atoms with Crippen molar-refractivity contribution in [3.8, 4) is 0 Å². The molecule has 0 aliphatic carbocycles. The van der Waals surface area contributed by atoms with Crippen LogP contribution >= 0.6 is 11.3 Å². The van der Waals surface area contributed by atoms with E-state index in [1.165, 1.54) is 17.4 Å². The highest BCUT2D eigenvalue weighted by Gasteiger charge is 2.37. The van der Waals surface area contributed by atoms with Crippen molar-refractivity contribution < 1.29 is 13.2 Å². The molecule has 92 valence electrons. The van der Waals surface area contributed by atoms with Crippen molar-refractivity contribution in [1.82, 2.24) is 5.32 Å². The van der Waals surface area contributed by atoms with E-state index in [1.807, 2.05) is 0 Å². The van der Waals surface area contributed by atoms with Crippen molar-refractivity contribution in [2.75, 3.05) is 0 Å². The Bertz CT molecular complexity index is 559. The summed E-state index contributed by atoms with van der Waals surface area (Å²) in [6.07, 6.45) is 1.60. The summed E-state index contributed by atoms with van der Waals surface area (Å²) in [6.45, 7) is 5.06. The van der Waals surface area contributed by atoms with Crippen LogP contribution in [0.15, 0.2) is 28.3 Å². The number of fused-ring (bicyclic) bond motifs is 1. The number of nitrogens with one attached hydrogen (secondary N) is 1. The predicted molar refractivity (Wildman–Crippen MR) is 66.7 cm³/mol. The molecule has 0 bridgehead atoms. The van der Waals surface area contributed by atoms with Crippen molar-refractivity contribution in [1.29, 1.82) is 0 Å². The molecule has 1 aliphatic heterocycles. The molecule has 0 spiro atoms. The third-order valence-electron chi connectivity index (χ3n) is 2.89. The maximum Gasteiger partial charge on any atom is 0.243 e. The first-order valence-corrected chi connectivity index (χ1v) is 7.63. The van der Waals surface area contributed by atoms with Crippen LogP contribution in [0.3, 0.4) is 0 Å². The Morgan fingerprint density at radius 3 is 3.00 bits per heavy atom. The van der Waals surface area contributed by atoms with Crippen molar-refractivity contribution in [3.05, 3.63) is 29.7 Å². The van der Waals surface area contributed by atoms with Crippen LogP contribution < -0.4 is 5.32 Å². The van der Waals surface area contributed by atoms with Crippen molar-refractivity contribution in [2.24, 2.45) is 0 Å². The second-order valence-electron chi connectivity index (χ2n) is 4.02. The summed E-state index contributed by atoms with van der Waals surface area (Å²) in [5.74, 6) is -0.279. The fourth-order valence-corrected chi connectivity index (χ4v) is 5.16. The van der Waals surface area contributed by atoms with Gasteiger partial charge in [-0.05, 0) is 30.9 Å². The van der Waals surface area contributed by atoms with Gasteiger partial charge in [0, 0.05) is 5.56 Å². The molecular weight excluding hydrogens is 258 g/mol. The Balaban J connectivity index is 2.41. The molecule has 1 amide bonds. The number of thiophene rings is 1. The van der Waals surface area contributed by atoms with Gasteiger partial charge in [0.25, 0.3) is 0 Å². The molecule has 0 aromatic carbocycles. The summed E-state index contributed by atoms with van der Waals surface area (Å²) in [7, 11) is -3.21. The minimum absolute atomic E-state index is 0.236. The van der Waals surface area contributed by atoms with Gasteiger partial charge in [0.2, 0.25) is 5.91 Å². The number of sulfone groups is 1. The summed E-state index contributed by atoms with van der Waals surface area (Å²) < 4.78 is 24.5. The summed E-state index contributed by atoms with van der Waals surface area (Å²) in [5.41, 5.74) is 0.698. The first-order valence-electron chi connectivity index (χ1n) is 5.21. The molecule has 1 aromatic heterocycles. The molecule has 0 saturated carbocycles. The normalized spacial score (nSPS) is 25.9. The minimum atomic E-state index is -3.21. The van der Waals surface area contributed by atoms with Gasteiger partial charge >= 0.3 is 0 Å². The van der Waals surface area contributed by atoms with E-state index in [0.29, 0.717) is 16.2 Å². The van der Waals surface area contributed by atoms with Crippen LogP contribution in [0.4, 0.5) is 0 Å². The Kier molecular flexibility index (Phi) is 3.09. The monoisotopic (exact) mass is 271 g/mol. The number of rotatable bonds is 2. The Morgan fingerprint density at radius 2 is 2.35 bits per heavy atom. The molecule has 0 unspecified atom stereocenters. The first-order chi connectivity index (χ1) is 7.96. The van der Waals surface area contributed by atoms with Crippen molar-refractivity contribution >= 4 is 27.1 Å². The first kappa shape index (κ1) is 12.3. The topological polar surface area (TPSA) is 63.2 Å². The predicted octanol–water partition coefficient (Wildman–Crippen LogP) is 1.66. The van der Waals surface area contributed by atoms with E-state index < -0.39 is 15.1 Å². The van der Waals surface area contributed by atoms with E-state index in [4.69, 9.17) is 0 Å². The lowest BCUT2D eigenvalue weighted by atomic mass is 10.0. The third kappa shape index (κ3) is 2.02. The SMILES string of the molecule is C=CC(=O)N[C@H]1C[C@H](C)S(=O)(=O)c2sccc21. The van der Waals surface area contributed by atoms with Crippen LogP contribution in [-0.2, 0) is 14.6 Å². The molecule has 0 saturated heterocycles. The third-order valence-corrected chi connectivity index (χ3v) is 6.60. The summed E-state index contributed by atoms with van der Waals surface area (Å²) in [6, 6.07) is 1.53. The lowest BCUT2D eigenvalue weighted by Gasteiger charge is -2.27. The fourth-order valence-electron chi connectivity index (χ4n) is 1.93. The molecule has 0 radical (unpaired) electrons. The number of carbonyl (C=O) groups excluding carboxylic acids is 1. The van der Waals surface area contributed by atoms with Crippen LogP contribution in [0.1, 0.15) is 24.9 Å². The van der Waals surface area contributed by atoms with Crippen LogP contribution in [0.25, 0.3) is 0 Å². The van der Waals surface area contributed by atoms with Gasteiger partial charge in [0.05, 0.1) is 11.3 Å². The van der Waals surface area contributed by atoms with Gasteiger partial charge in [-0.1, -0.05) is 6.58 Å². The lowest BCUT2D eigenvalue weighted by molar-refractivity contribution is -0.117. The zero-order valence-electron chi connectivity index (χ0n) is 9.34.